The Balaban J connectivity index is 1.74. The van der Waals surface area contributed by atoms with Crippen LogP contribution < -0.4 is 5.73 Å². The highest BCUT2D eigenvalue weighted by Gasteiger charge is 2.31. The number of rotatable bonds is 5. The van der Waals surface area contributed by atoms with Gasteiger partial charge in [0.15, 0.2) is 0 Å². The van der Waals surface area contributed by atoms with Gasteiger partial charge in [0.05, 0.1) is 18.2 Å². The second-order valence-electron chi connectivity index (χ2n) is 6.04. The lowest BCUT2D eigenvalue weighted by Crippen LogP contribution is -2.43. The fourth-order valence-corrected chi connectivity index (χ4v) is 3.39. The van der Waals surface area contributed by atoms with Gasteiger partial charge >= 0.3 is 0 Å². The van der Waals surface area contributed by atoms with Crippen molar-refractivity contribution in [1.29, 1.82) is 0 Å². The van der Waals surface area contributed by atoms with Crippen LogP contribution in [0.1, 0.15) is 54.6 Å². The standard InChI is InChI=1S/C16H24N2O3/c17-9-15-8-12(11-21-15)16(19)18(13-4-1-2-5-13)10-14-6-3-7-20-14/h8,11,13-14H,1-7,9-10,17H2. The maximum atomic E-state index is 12.8. The molecular weight excluding hydrogens is 268 g/mol. The number of nitrogens with two attached hydrogens (primary N) is 1. The van der Waals surface area contributed by atoms with Crippen molar-refractivity contribution in [1.82, 2.24) is 4.90 Å². The number of ether oxygens (including phenoxy) is 1. The maximum Gasteiger partial charge on any atom is 0.257 e. The summed E-state index contributed by atoms with van der Waals surface area (Å²) in [5, 5.41) is 0. The monoisotopic (exact) mass is 292 g/mol. The summed E-state index contributed by atoms with van der Waals surface area (Å²) in [6.07, 6.45) is 8.48. The number of carbonyl (C=O) groups is 1. The van der Waals surface area contributed by atoms with Gasteiger partial charge in [0.1, 0.15) is 12.0 Å². The Bertz CT molecular complexity index is 474. The largest absolute Gasteiger partial charge is 0.467 e. The number of hydrogen-bond donors (Lipinski definition) is 1. The summed E-state index contributed by atoms with van der Waals surface area (Å²) in [6, 6.07) is 2.11. The van der Waals surface area contributed by atoms with Gasteiger partial charge in [-0.1, -0.05) is 12.8 Å². The first kappa shape index (κ1) is 14.6. The third-order valence-corrected chi connectivity index (χ3v) is 4.55. The zero-order valence-electron chi connectivity index (χ0n) is 12.4. The lowest BCUT2D eigenvalue weighted by Gasteiger charge is -2.30. The Morgan fingerprint density at radius 1 is 1.29 bits per heavy atom. The van der Waals surface area contributed by atoms with E-state index in [-0.39, 0.29) is 12.0 Å². The molecule has 1 aromatic rings. The normalized spacial score (nSPS) is 22.8. The van der Waals surface area contributed by atoms with Crippen molar-refractivity contribution in [3.8, 4) is 0 Å². The first-order valence-electron chi connectivity index (χ1n) is 7.98. The Kier molecular flexibility index (Phi) is 4.60. The predicted octanol–water partition coefficient (Wildman–Crippen LogP) is 2.30. The summed E-state index contributed by atoms with van der Waals surface area (Å²) < 4.78 is 11.0. The summed E-state index contributed by atoms with van der Waals surface area (Å²) in [4.78, 5) is 14.8. The maximum absolute atomic E-state index is 12.8. The van der Waals surface area contributed by atoms with Crippen molar-refractivity contribution in [2.24, 2.45) is 5.73 Å². The molecule has 116 valence electrons. The molecular formula is C16H24N2O3. The minimum Gasteiger partial charge on any atom is -0.467 e. The number of nitrogens with zero attached hydrogens (tertiary/aromatic N) is 1. The van der Waals surface area contributed by atoms with Gasteiger partial charge < -0.3 is 19.8 Å². The van der Waals surface area contributed by atoms with Gasteiger partial charge in [-0.2, -0.15) is 0 Å². The molecule has 2 aliphatic rings. The average Bonchev–Trinajstić information content (AvgIpc) is 3.25. The lowest BCUT2D eigenvalue weighted by molar-refractivity contribution is 0.0420. The van der Waals surface area contributed by atoms with E-state index in [1.165, 1.54) is 19.1 Å². The second kappa shape index (κ2) is 6.62. The van der Waals surface area contributed by atoms with E-state index in [4.69, 9.17) is 14.9 Å². The summed E-state index contributed by atoms with van der Waals surface area (Å²) >= 11 is 0. The summed E-state index contributed by atoms with van der Waals surface area (Å²) in [5.41, 5.74) is 6.17. The minimum atomic E-state index is 0.0563. The highest BCUT2D eigenvalue weighted by molar-refractivity contribution is 5.94. The van der Waals surface area contributed by atoms with Crippen LogP contribution in [-0.4, -0.2) is 36.1 Å². The molecule has 1 saturated carbocycles. The van der Waals surface area contributed by atoms with Crippen LogP contribution >= 0.6 is 0 Å². The molecule has 5 nitrogen and oxygen atoms in total. The molecule has 0 radical (unpaired) electrons. The van der Waals surface area contributed by atoms with Crippen molar-refractivity contribution in [3.63, 3.8) is 0 Å². The number of amides is 1. The number of hydrogen-bond acceptors (Lipinski definition) is 4. The van der Waals surface area contributed by atoms with Gasteiger partial charge in [-0.25, -0.2) is 0 Å². The molecule has 0 bridgehead atoms. The van der Waals surface area contributed by atoms with E-state index < -0.39 is 0 Å². The zero-order valence-corrected chi connectivity index (χ0v) is 12.4. The van der Waals surface area contributed by atoms with Crippen LogP contribution in [0.15, 0.2) is 16.7 Å². The molecule has 1 amide bonds. The van der Waals surface area contributed by atoms with Crippen molar-refractivity contribution in [3.05, 3.63) is 23.7 Å². The average molecular weight is 292 g/mol. The first-order valence-corrected chi connectivity index (χ1v) is 7.98. The van der Waals surface area contributed by atoms with Gasteiger partial charge in [-0.15, -0.1) is 0 Å². The third kappa shape index (κ3) is 3.30. The van der Waals surface area contributed by atoms with Crippen LogP contribution in [0.3, 0.4) is 0 Å². The lowest BCUT2D eigenvalue weighted by atomic mass is 10.1. The highest BCUT2D eigenvalue weighted by atomic mass is 16.5. The minimum absolute atomic E-state index is 0.0563. The zero-order chi connectivity index (χ0) is 14.7. The van der Waals surface area contributed by atoms with Gasteiger partial charge in [0.25, 0.3) is 5.91 Å². The Morgan fingerprint density at radius 2 is 2.10 bits per heavy atom. The van der Waals surface area contributed by atoms with Crippen LogP contribution in [0.25, 0.3) is 0 Å². The van der Waals surface area contributed by atoms with Crippen molar-refractivity contribution < 1.29 is 13.9 Å². The predicted molar refractivity (Wildman–Crippen MR) is 78.9 cm³/mol. The summed E-state index contributed by atoms with van der Waals surface area (Å²) in [7, 11) is 0. The van der Waals surface area contributed by atoms with Crippen molar-refractivity contribution in [2.45, 2.75) is 57.2 Å². The second-order valence-corrected chi connectivity index (χ2v) is 6.04. The van der Waals surface area contributed by atoms with Gasteiger partial charge in [0.2, 0.25) is 0 Å². The number of carbonyl (C=O) groups excluding carboxylic acids is 1. The van der Waals surface area contributed by atoms with Crippen molar-refractivity contribution in [2.75, 3.05) is 13.2 Å². The fourth-order valence-electron chi connectivity index (χ4n) is 3.39. The van der Waals surface area contributed by atoms with Crippen molar-refractivity contribution >= 4 is 5.91 Å². The topological polar surface area (TPSA) is 68.7 Å². The van der Waals surface area contributed by atoms with Gasteiger partial charge in [-0.3, -0.25) is 4.79 Å². The SMILES string of the molecule is NCc1cc(C(=O)N(CC2CCCO2)C2CCCC2)co1. The summed E-state index contributed by atoms with van der Waals surface area (Å²) in [6.45, 7) is 1.84. The highest BCUT2D eigenvalue weighted by Crippen LogP contribution is 2.27. The van der Waals surface area contributed by atoms with Gasteiger partial charge in [-0.05, 0) is 31.7 Å². The molecule has 1 aliphatic heterocycles. The molecule has 2 N–H and O–H groups in total. The molecule has 2 heterocycles. The van der Waals surface area contributed by atoms with E-state index in [0.29, 0.717) is 30.5 Å². The molecule has 1 atom stereocenters. The first-order chi connectivity index (χ1) is 10.3. The molecule has 21 heavy (non-hydrogen) atoms. The summed E-state index contributed by atoms with van der Waals surface area (Å²) in [5.74, 6) is 0.711. The van der Waals surface area contributed by atoms with Crippen LogP contribution in [0.5, 0.6) is 0 Å². The Hall–Kier alpha value is -1.33. The van der Waals surface area contributed by atoms with E-state index in [1.54, 1.807) is 6.07 Å². The molecule has 1 unspecified atom stereocenters. The molecule has 1 saturated heterocycles. The van der Waals surface area contributed by atoms with Crippen LogP contribution in [0.2, 0.25) is 0 Å². The third-order valence-electron chi connectivity index (χ3n) is 4.55. The van der Waals surface area contributed by atoms with E-state index in [2.05, 4.69) is 0 Å². The van der Waals surface area contributed by atoms with Gasteiger partial charge in [0, 0.05) is 19.2 Å². The molecule has 1 aliphatic carbocycles. The van der Waals surface area contributed by atoms with E-state index >= 15 is 0 Å². The Morgan fingerprint density at radius 3 is 2.71 bits per heavy atom. The smallest absolute Gasteiger partial charge is 0.257 e. The molecule has 2 fully saturated rings. The van der Waals surface area contributed by atoms with Crippen LogP contribution in [0.4, 0.5) is 0 Å². The molecule has 1 aromatic heterocycles. The van der Waals surface area contributed by atoms with Crippen LogP contribution in [-0.2, 0) is 11.3 Å². The van der Waals surface area contributed by atoms with E-state index in [0.717, 1.165) is 32.3 Å². The molecule has 0 aromatic carbocycles. The fraction of sp³-hybridized carbons (Fsp3) is 0.688. The quantitative estimate of drug-likeness (QED) is 0.904. The molecule has 3 rings (SSSR count). The van der Waals surface area contributed by atoms with Crippen LogP contribution in [0, 0.1) is 0 Å². The van der Waals surface area contributed by atoms with E-state index in [9.17, 15) is 4.79 Å². The molecule has 0 spiro atoms. The molecule has 5 heteroatoms. The number of furan rings is 1. The van der Waals surface area contributed by atoms with E-state index in [1.807, 2.05) is 4.90 Å². The Labute approximate surface area is 125 Å².